The number of hydrogen-bond acceptors (Lipinski definition) is 5. The summed E-state index contributed by atoms with van der Waals surface area (Å²) in [5.74, 6) is -1.75. The predicted molar refractivity (Wildman–Crippen MR) is 102 cm³/mol. The fourth-order valence-corrected chi connectivity index (χ4v) is 4.04. The molecule has 0 bridgehead atoms. The fraction of sp³-hybridized carbons (Fsp3) is 0.450. The third-order valence-electron chi connectivity index (χ3n) is 5.77. The summed E-state index contributed by atoms with van der Waals surface area (Å²) >= 11 is 0. The summed E-state index contributed by atoms with van der Waals surface area (Å²) in [4.78, 5) is 25.9. The monoisotopic (exact) mass is 384 g/mol. The van der Waals surface area contributed by atoms with Crippen LogP contribution in [0.3, 0.4) is 0 Å². The van der Waals surface area contributed by atoms with Gasteiger partial charge >= 0.3 is 5.97 Å². The molecule has 2 atom stereocenters. The van der Waals surface area contributed by atoms with Crippen molar-refractivity contribution < 1.29 is 14.3 Å². The van der Waals surface area contributed by atoms with Gasteiger partial charge in [-0.2, -0.15) is 5.26 Å². The Morgan fingerprint density at radius 3 is 2.79 bits per heavy atom. The average molecular weight is 384 g/mol. The molecule has 4 rings (SSSR count). The lowest BCUT2D eigenvalue weighted by molar-refractivity contribution is 0.0695. The molecule has 1 aliphatic carbocycles. The molecule has 1 saturated heterocycles. The molecule has 0 amide bonds. The highest BCUT2D eigenvalue weighted by Crippen LogP contribution is 2.38. The third-order valence-corrected chi connectivity index (χ3v) is 5.77. The van der Waals surface area contributed by atoms with E-state index in [1.54, 1.807) is 10.6 Å². The number of carboxylic acid groups (broad SMARTS) is 1. The minimum absolute atomic E-state index is 0.0879. The maximum absolute atomic E-state index is 14.9. The van der Waals surface area contributed by atoms with Crippen molar-refractivity contribution in [1.29, 1.82) is 5.26 Å². The Bertz CT molecular complexity index is 1050. The molecule has 2 unspecified atom stereocenters. The topological polar surface area (TPSA) is 112 Å². The molecule has 1 aromatic heterocycles. The summed E-state index contributed by atoms with van der Waals surface area (Å²) in [5, 5.41) is 18.3. The van der Waals surface area contributed by atoms with Gasteiger partial charge in [-0.25, -0.2) is 9.18 Å². The van der Waals surface area contributed by atoms with Gasteiger partial charge < -0.3 is 20.3 Å². The molecule has 2 heterocycles. The lowest BCUT2D eigenvalue weighted by Gasteiger charge is -2.22. The molecule has 2 aliphatic rings. The molecule has 0 spiro atoms. The van der Waals surface area contributed by atoms with E-state index in [0.29, 0.717) is 24.3 Å². The number of benzene rings is 1. The van der Waals surface area contributed by atoms with E-state index in [1.165, 1.54) is 6.20 Å². The van der Waals surface area contributed by atoms with Crippen molar-refractivity contribution in [3.63, 3.8) is 0 Å². The molecule has 1 saturated carbocycles. The van der Waals surface area contributed by atoms with Gasteiger partial charge in [0.25, 0.3) is 0 Å². The minimum Gasteiger partial charge on any atom is -0.477 e. The lowest BCUT2D eigenvalue weighted by atomic mass is 9.98. The van der Waals surface area contributed by atoms with Crippen LogP contribution in [0.15, 0.2) is 23.1 Å². The SMILES string of the molecule is N#CCC(N)C1CCN(c2cc3c(cc2F)c(=O)c(C(=O)O)cn3C2CC2)C1. The molecular formula is C20H21FN4O3. The number of fused-ring (bicyclic) bond motifs is 1. The van der Waals surface area contributed by atoms with Crippen molar-refractivity contribution in [2.75, 3.05) is 18.0 Å². The Hall–Kier alpha value is -2.92. The van der Waals surface area contributed by atoms with E-state index < -0.39 is 17.2 Å². The maximum Gasteiger partial charge on any atom is 0.341 e. The first-order chi connectivity index (χ1) is 13.4. The molecule has 7 nitrogen and oxygen atoms in total. The molecule has 3 N–H and O–H groups in total. The largest absolute Gasteiger partial charge is 0.477 e. The summed E-state index contributed by atoms with van der Waals surface area (Å²) in [6.45, 7) is 1.17. The summed E-state index contributed by atoms with van der Waals surface area (Å²) in [7, 11) is 0. The van der Waals surface area contributed by atoms with E-state index in [0.717, 1.165) is 25.3 Å². The van der Waals surface area contributed by atoms with Gasteiger partial charge in [0.1, 0.15) is 11.4 Å². The molecule has 28 heavy (non-hydrogen) atoms. The first-order valence-electron chi connectivity index (χ1n) is 9.40. The Balaban J connectivity index is 1.78. The van der Waals surface area contributed by atoms with E-state index in [9.17, 15) is 19.1 Å². The first kappa shape index (κ1) is 18.4. The van der Waals surface area contributed by atoms with Crippen molar-refractivity contribution in [3.05, 3.63) is 39.9 Å². The van der Waals surface area contributed by atoms with Crippen molar-refractivity contribution in [2.24, 2.45) is 11.7 Å². The van der Waals surface area contributed by atoms with Crippen LogP contribution in [-0.2, 0) is 0 Å². The van der Waals surface area contributed by atoms with Crippen molar-refractivity contribution in [2.45, 2.75) is 37.8 Å². The number of aromatic nitrogens is 1. The molecule has 2 aromatic rings. The van der Waals surface area contributed by atoms with Crippen LogP contribution < -0.4 is 16.1 Å². The van der Waals surface area contributed by atoms with Gasteiger partial charge in [0.2, 0.25) is 5.43 Å². The van der Waals surface area contributed by atoms with Gasteiger partial charge in [0.15, 0.2) is 0 Å². The number of hydrogen-bond donors (Lipinski definition) is 2. The van der Waals surface area contributed by atoms with E-state index in [-0.39, 0.29) is 35.4 Å². The second kappa shape index (κ2) is 6.91. The van der Waals surface area contributed by atoms with Gasteiger partial charge in [-0.05, 0) is 37.3 Å². The molecule has 1 aromatic carbocycles. The highest BCUT2D eigenvalue weighted by atomic mass is 19.1. The van der Waals surface area contributed by atoms with Gasteiger partial charge in [-0.3, -0.25) is 4.79 Å². The Morgan fingerprint density at radius 2 is 2.14 bits per heavy atom. The highest BCUT2D eigenvalue weighted by Gasteiger charge is 2.31. The molecule has 146 valence electrons. The lowest BCUT2D eigenvalue weighted by Crippen LogP contribution is -2.32. The zero-order valence-electron chi connectivity index (χ0n) is 15.3. The number of carboxylic acids is 1. The zero-order chi connectivity index (χ0) is 20.0. The van der Waals surface area contributed by atoms with Gasteiger partial charge in [0.05, 0.1) is 23.7 Å². The summed E-state index contributed by atoms with van der Waals surface area (Å²) < 4.78 is 16.7. The van der Waals surface area contributed by atoms with Crippen LogP contribution in [0.1, 0.15) is 42.1 Å². The average Bonchev–Trinajstić information content (AvgIpc) is 3.38. The number of nitriles is 1. The predicted octanol–water partition coefficient (Wildman–Crippen LogP) is 2.24. The standard InChI is InChI=1S/C20H21FN4O3/c21-15-7-13-17(25(12-1-2-12)10-14(19(13)26)20(27)28)8-18(15)24-6-4-11(9-24)16(23)3-5-22/h7-8,10-12,16H,1-4,6,9,23H2,(H,27,28). The van der Waals surface area contributed by atoms with Crippen LogP contribution in [0, 0.1) is 23.1 Å². The number of pyridine rings is 1. The number of nitrogens with zero attached hydrogens (tertiary/aromatic N) is 3. The van der Waals surface area contributed by atoms with Crippen molar-refractivity contribution in [1.82, 2.24) is 4.57 Å². The van der Waals surface area contributed by atoms with Gasteiger partial charge in [0, 0.05) is 36.8 Å². The summed E-state index contributed by atoms with van der Waals surface area (Å²) in [6.07, 6.45) is 4.21. The maximum atomic E-state index is 14.9. The molecule has 8 heteroatoms. The second-order valence-corrected chi connectivity index (χ2v) is 7.66. The second-order valence-electron chi connectivity index (χ2n) is 7.66. The van der Waals surface area contributed by atoms with E-state index in [2.05, 4.69) is 6.07 Å². The third kappa shape index (κ3) is 3.12. The number of rotatable bonds is 5. The van der Waals surface area contributed by atoms with E-state index in [4.69, 9.17) is 11.0 Å². The number of carbonyl (C=O) groups is 1. The van der Waals surface area contributed by atoms with Crippen LogP contribution >= 0.6 is 0 Å². The van der Waals surface area contributed by atoms with Gasteiger partial charge in [-0.1, -0.05) is 0 Å². The molecule has 2 fully saturated rings. The number of halogens is 1. The van der Waals surface area contributed by atoms with E-state index >= 15 is 0 Å². The van der Waals surface area contributed by atoms with Crippen molar-refractivity contribution in [3.8, 4) is 6.07 Å². The summed E-state index contributed by atoms with van der Waals surface area (Å²) in [5.41, 5.74) is 5.99. The molecule has 1 aliphatic heterocycles. The van der Waals surface area contributed by atoms with Crippen LogP contribution in [0.4, 0.5) is 10.1 Å². The number of anilines is 1. The zero-order valence-corrected chi connectivity index (χ0v) is 15.3. The van der Waals surface area contributed by atoms with Crippen LogP contribution in [0.2, 0.25) is 0 Å². The highest BCUT2D eigenvalue weighted by molar-refractivity contribution is 5.93. The van der Waals surface area contributed by atoms with Crippen molar-refractivity contribution >= 4 is 22.6 Å². The quantitative estimate of drug-likeness (QED) is 0.818. The van der Waals surface area contributed by atoms with E-state index in [1.807, 2.05) is 4.90 Å². The molecule has 0 radical (unpaired) electrons. The minimum atomic E-state index is -1.31. The number of aromatic carboxylic acids is 1. The van der Waals surface area contributed by atoms with Gasteiger partial charge in [-0.15, -0.1) is 0 Å². The number of nitrogens with two attached hydrogens (primary N) is 1. The smallest absolute Gasteiger partial charge is 0.341 e. The summed E-state index contributed by atoms with van der Waals surface area (Å²) in [6, 6.07) is 4.76. The Labute approximate surface area is 160 Å². The van der Waals surface area contributed by atoms with Crippen LogP contribution in [0.25, 0.3) is 10.9 Å². The Kier molecular flexibility index (Phi) is 4.55. The Morgan fingerprint density at radius 1 is 1.39 bits per heavy atom. The fourth-order valence-electron chi connectivity index (χ4n) is 4.04. The first-order valence-corrected chi connectivity index (χ1v) is 9.40. The normalized spacial score (nSPS) is 20.3. The molecular weight excluding hydrogens is 363 g/mol. The van der Waals surface area contributed by atoms with Crippen LogP contribution in [0.5, 0.6) is 0 Å². The van der Waals surface area contributed by atoms with Crippen LogP contribution in [-0.4, -0.2) is 34.8 Å².